The number of hydrogen-bond donors (Lipinski definition) is 1. The number of nitrogens with zero attached hydrogens (tertiary/aromatic N) is 1. The van der Waals surface area contributed by atoms with Crippen molar-refractivity contribution in [2.45, 2.75) is 19.3 Å². The molecule has 0 aliphatic carbocycles. The number of carbonyl (C=O) groups excluding carboxylic acids is 1. The molecule has 1 aromatic rings. The normalized spacial score (nSPS) is 22.6. The minimum absolute atomic E-state index is 0.146. The van der Waals surface area contributed by atoms with Crippen molar-refractivity contribution >= 4 is 28.8 Å². The molecule has 1 aromatic heterocycles. The largest absolute Gasteiger partial charge is 0.338 e. The van der Waals surface area contributed by atoms with Crippen LogP contribution < -0.4 is 5.32 Å². The van der Waals surface area contributed by atoms with Crippen LogP contribution in [0.5, 0.6) is 0 Å². The highest BCUT2D eigenvalue weighted by Crippen LogP contribution is 2.37. The molecule has 2 fully saturated rings. The fourth-order valence-corrected chi connectivity index (χ4v) is 4.00. The minimum atomic E-state index is 0.146. The van der Waals surface area contributed by atoms with Crippen molar-refractivity contribution in [2.75, 3.05) is 26.2 Å². The summed E-state index contributed by atoms with van der Waals surface area (Å²) in [5.74, 6) is 0.146. The Morgan fingerprint density at radius 2 is 2.11 bits per heavy atom. The molecule has 1 N–H and O–H groups in total. The molecule has 5 heteroatoms. The number of halogens is 1. The van der Waals surface area contributed by atoms with Gasteiger partial charge >= 0.3 is 0 Å². The molecule has 3 heterocycles. The second kappa shape index (κ2) is 4.83. The van der Waals surface area contributed by atoms with Gasteiger partial charge in [0.15, 0.2) is 0 Å². The summed E-state index contributed by atoms with van der Waals surface area (Å²) in [5.41, 5.74) is 0.462. The van der Waals surface area contributed by atoms with E-state index in [4.69, 9.17) is 11.6 Å². The predicted octanol–water partition coefficient (Wildman–Crippen LogP) is 2.62. The van der Waals surface area contributed by atoms with Crippen LogP contribution in [0.1, 0.15) is 28.9 Å². The molecular weight excluding hydrogens is 268 g/mol. The number of thiophene rings is 1. The molecule has 3 nitrogen and oxygen atoms in total. The summed E-state index contributed by atoms with van der Waals surface area (Å²) < 4.78 is 0.687. The van der Waals surface area contributed by atoms with Crippen LogP contribution in [-0.4, -0.2) is 37.0 Å². The molecule has 0 radical (unpaired) electrons. The van der Waals surface area contributed by atoms with Crippen molar-refractivity contribution < 1.29 is 4.79 Å². The molecule has 2 saturated heterocycles. The van der Waals surface area contributed by atoms with Crippen LogP contribution in [0.4, 0.5) is 0 Å². The van der Waals surface area contributed by atoms with Gasteiger partial charge < -0.3 is 10.2 Å². The Kier molecular flexibility index (Phi) is 3.34. The molecule has 0 saturated carbocycles. The molecule has 1 amide bonds. The Bertz CT molecular complexity index is 444. The number of hydrogen-bond acceptors (Lipinski definition) is 3. The fourth-order valence-electron chi connectivity index (χ4n) is 2.99. The number of likely N-dealkylation sites (tertiary alicyclic amines) is 1. The lowest BCUT2D eigenvalue weighted by molar-refractivity contribution is 0.0612. The number of amides is 1. The van der Waals surface area contributed by atoms with Gasteiger partial charge in [0.1, 0.15) is 0 Å². The predicted molar refractivity (Wildman–Crippen MR) is 74.4 cm³/mol. The summed E-state index contributed by atoms with van der Waals surface area (Å²) in [6.45, 7) is 4.03. The van der Waals surface area contributed by atoms with Gasteiger partial charge in [0.25, 0.3) is 5.91 Å². The second-order valence-electron chi connectivity index (χ2n) is 5.32. The lowest BCUT2D eigenvalue weighted by Crippen LogP contribution is -2.43. The van der Waals surface area contributed by atoms with Crippen molar-refractivity contribution in [1.29, 1.82) is 0 Å². The van der Waals surface area contributed by atoms with Crippen LogP contribution in [0.2, 0.25) is 4.34 Å². The summed E-state index contributed by atoms with van der Waals surface area (Å²) in [6.07, 6.45) is 3.52. The maximum atomic E-state index is 12.3. The zero-order chi connectivity index (χ0) is 12.6. The van der Waals surface area contributed by atoms with Crippen molar-refractivity contribution in [3.05, 3.63) is 21.3 Å². The Hall–Kier alpha value is -0.580. The first-order chi connectivity index (χ1) is 8.69. The van der Waals surface area contributed by atoms with Gasteiger partial charge in [-0.25, -0.2) is 0 Å². The van der Waals surface area contributed by atoms with Gasteiger partial charge in [-0.2, -0.15) is 0 Å². The Labute approximate surface area is 116 Å². The molecule has 18 heavy (non-hydrogen) atoms. The van der Waals surface area contributed by atoms with Gasteiger partial charge in [0.05, 0.1) is 9.21 Å². The Balaban J connectivity index is 1.64. The molecule has 0 aromatic carbocycles. The van der Waals surface area contributed by atoms with E-state index in [-0.39, 0.29) is 5.91 Å². The summed E-state index contributed by atoms with van der Waals surface area (Å²) >= 11 is 7.26. The van der Waals surface area contributed by atoms with Gasteiger partial charge in [0.2, 0.25) is 0 Å². The van der Waals surface area contributed by atoms with E-state index in [2.05, 4.69) is 5.32 Å². The molecule has 3 rings (SSSR count). The third kappa shape index (κ3) is 2.29. The maximum absolute atomic E-state index is 12.3. The first-order valence-electron chi connectivity index (χ1n) is 6.44. The van der Waals surface area contributed by atoms with Crippen molar-refractivity contribution in [3.8, 4) is 0 Å². The third-order valence-corrected chi connectivity index (χ3v) is 5.45. The molecule has 1 spiro atoms. The van der Waals surface area contributed by atoms with Gasteiger partial charge in [-0.1, -0.05) is 11.6 Å². The maximum Gasteiger partial charge on any atom is 0.263 e. The summed E-state index contributed by atoms with van der Waals surface area (Å²) in [7, 11) is 0. The number of carbonyl (C=O) groups is 1. The number of piperidine rings is 1. The smallest absolute Gasteiger partial charge is 0.263 e. The van der Waals surface area contributed by atoms with Gasteiger partial charge in [-0.05, 0) is 43.4 Å². The molecule has 0 bridgehead atoms. The standard InChI is InChI=1S/C13H17ClN2OS/c14-11-2-1-10(18-11)12(17)16-7-4-13(5-8-16)3-6-15-9-13/h1-2,15H,3-9H2. The quantitative estimate of drug-likeness (QED) is 0.860. The molecule has 2 aliphatic heterocycles. The minimum Gasteiger partial charge on any atom is -0.338 e. The van der Waals surface area contributed by atoms with Crippen LogP contribution >= 0.6 is 22.9 Å². The SMILES string of the molecule is O=C(c1ccc(Cl)s1)N1CCC2(CCNC2)CC1. The zero-order valence-corrected chi connectivity index (χ0v) is 11.8. The van der Waals surface area contributed by atoms with E-state index in [0.717, 1.165) is 43.9 Å². The monoisotopic (exact) mass is 284 g/mol. The Morgan fingerprint density at radius 1 is 1.33 bits per heavy atom. The highest BCUT2D eigenvalue weighted by molar-refractivity contribution is 7.17. The number of rotatable bonds is 1. The van der Waals surface area contributed by atoms with E-state index in [1.165, 1.54) is 17.8 Å². The summed E-state index contributed by atoms with van der Waals surface area (Å²) in [4.78, 5) is 15.0. The number of nitrogens with one attached hydrogen (secondary N) is 1. The average molecular weight is 285 g/mol. The van der Waals surface area contributed by atoms with Gasteiger partial charge in [-0.15, -0.1) is 11.3 Å². The average Bonchev–Trinajstić information content (AvgIpc) is 3.00. The first kappa shape index (κ1) is 12.5. The van der Waals surface area contributed by atoms with Crippen LogP contribution in [0.3, 0.4) is 0 Å². The van der Waals surface area contributed by atoms with Crippen LogP contribution in [-0.2, 0) is 0 Å². The Morgan fingerprint density at radius 3 is 2.67 bits per heavy atom. The summed E-state index contributed by atoms with van der Waals surface area (Å²) in [5, 5.41) is 3.44. The van der Waals surface area contributed by atoms with Crippen molar-refractivity contribution in [1.82, 2.24) is 10.2 Å². The van der Waals surface area contributed by atoms with Crippen molar-refractivity contribution in [2.24, 2.45) is 5.41 Å². The fraction of sp³-hybridized carbons (Fsp3) is 0.615. The lowest BCUT2D eigenvalue weighted by atomic mass is 9.78. The molecule has 0 unspecified atom stereocenters. The topological polar surface area (TPSA) is 32.3 Å². The highest BCUT2D eigenvalue weighted by Gasteiger charge is 2.38. The highest BCUT2D eigenvalue weighted by atomic mass is 35.5. The molecule has 2 aliphatic rings. The van der Waals surface area contributed by atoms with E-state index in [1.807, 2.05) is 11.0 Å². The molecular formula is C13H17ClN2OS. The van der Waals surface area contributed by atoms with E-state index >= 15 is 0 Å². The van der Waals surface area contributed by atoms with Gasteiger partial charge in [-0.3, -0.25) is 4.79 Å². The van der Waals surface area contributed by atoms with Gasteiger partial charge in [0, 0.05) is 19.6 Å². The second-order valence-corrected chi connectivity index (χ2v) is 7.04. The molecule has 0 atom stereocenters. The lowest BCUT2D eigenvalue weighted by Gasteiger charge is -2.38. The van der Waals surface area contributed by atoms with Crippen LogP contribution in [0.15, 0.2) is 12.1 Å². The van der Waals surface area contributed by atoms with E-state index in [9.17, 15) is 4.79 Å². The van der Waals surface area contributed by atoms with Crippen LogP contribution in [0.25, 0.3) is 0 Å². The third-order valence-electron chi connectivity index (χ3n) is 4.23. The first-order valence-corrected chi connectivity index (χ1v) is 7.63. The van der Waals surface area contributed by atoms with Crippen LogP contribution in [0, 0.1) is 5.41 Å². The molecule has 98 valence electrons. The summed E-state index contributed by atoms with van der Waals surface area (Å²) in [6, 6.07) is 3.63. The van der Waals surface area contributed by atoms with E-state index in [0.29, 0.717) is 9.75 Å². The van der Waals surface area contributed by atoms with E-state index in [1.54, 1.807) is 6.07 Å². The van der Waals surface area contributed by atoms with E-state index < -0.39 is 0 Å². The zero-order valence-electron chi connectivity index (χ0n) is 10.2. The van der Waals surface area contributed by atoms with Crippen molar-refractivity contribution in [3.63, 3.8) is 0 Å².